The first-order valence-corrected chi connectivity index (χ1v) is 4.85. The predicted molar refractivity (Wildman–Crippen MR) is 55.9 cm³/mol. The molecule has 1 atom stereocenters. The number of rotatable bonds is 5. The lowest BCUT2D eigenvalue weighted by atomic mass is 10.0. The van der Waals surface area contributed by atoms with Gasteiger partial charge >= 0.3 is 5.97 Å². The zero-order chi connectivity index (χ0) is 11.3. The van der Waals surface area contributed by atoms with Gasteiger partial charge in [0.2, 0.25) is 0 Å². The maximum Gasteiger partial charge on any atom is 0.306 e. The van der Waals surface area contributed by atoms with Gasteiger partial charge in [-0.2, -0.15) is 0 Å². The van der Waals surface area contributed by atoms with Crippen molar-refractivity contribution in [1.82, 2.24) is 4.98 Å². The van der Waals surface area contributed by atoms with Crippen molar-refractivity contribution in [2.24, 2.45) is 5.92 Å². The monoisotopic (exact) mass is 209 g/mol. The molecular weight excluding hydrogens is 194 g/mol. The number of carbonyl (C=O) groups is 1. The summed E-state index contributed by atoms with van der Waals surface area (Å²) in [4.78, 5) is 14.7. The quantitative estimate of drug-likeness (QED) is 0.802. The van der Waals surface area contributed by atoms with E-state index in [1.807, 2.05) is 6.07 Å². The lowest BCUT2D eigenvalue weighted by molar-refractivity contribution is -0.141. The van der Waals surface area contributed by atoms with Crippen molar-refractivity contribution in [1.29, 1.82) is 0 Å². The maximum absolute atomic E-state index is 10.6. The Hall–Kier alpha value is -1.58. The van der Waals surface area contributed by atoms with Gasteiger partial charge < -0.3 is 9.84 Å². The molecule has 4 heteroatoms. The zero-order valence-corrected chi connectivity index (χ0v) is 8.93. The molecule has 0 fully saturated rings. The van der Waals surface area contributed by atoms with Crippen LogP contribution in [-0.2, 0) is 11.2 Å². The van der Waals surface area contributed by atoms with Crippen molar-refractivity contribution in [3.8, 4) is 5.75 Å². The molecule has 15 heavy (non-hydrogen) atoms. The van der Waals surface area contributed by atoms with Gasteiger partial charge in [0.15, 0.2) is 0 Å². The Balaban J connectivity index is 2.53. The number of methoxy groups -OCH3 is 1. The number of carboxylic acid groups (broad SMARTS) is 1. The number of pyridine rings is 1. The number of hydrogen-bond donors (Lipinski definition) is 1. The van der Waals surface area contributed by atoms with Crippen LogP contribution in [0.3, 0.4) is 0 Å². The minimum atomic E-state index is -0.766. The van der Waals surface area contributed by atoms with E-state index in [9.17, 15) is 4.79 Å². The van der Waals surface area contributed by atoms with Crippen molar-refractivity contribution in [2.75, 3.05) is 7.11 Å². The van der Waals surface area contributed by atoms with Gasteiger partial charge in [0, 0.05) is 18.0 Å². The number of hydrogen-bond acceptors (Lipinski definition) is 3. The fourth-order valence-electron chi connectivity index (χ4n) is 1.21. The van der Waals surface area contributed by atoms with Crippen LogP contribution in [-0.4, -0.2) is 23.2 Å². The highest BCUT2D eigenvalue weighted by atomic mass is 16.5. The van der Waals surface area contributed by atoms with Crippen molar-refractivity contribution >= 4 is 5.97 Å². The van der Waals surface area contributed by atoms with Crippen molar-refractivity contribution in [3.05, 3.63) is 24.0 Å². The zero-order valence-electron chi connectivity index (χ0n) is 8.93. The van der Waals surface area contributed by atoms with Gasteiger partial charge in [-0.25, -0.2) is 0 Å². The molecule has 0 aromatic carbocycles. The third kappa shape index (κ3) is 3.58. The van der Waals surface area contributed by atoms with Gasteiger partial charge in [-0.05, 0) is 18.9 Å². The van der Waals surface area contributed by atoms with Crippen LogP contribution < -0.4 is 4.74 Å². The lowest BCUT2D eigenvalue weighted by Gasteiger charge is -2.06. The minimum absolute atomic E-state index is 0.335. The number of aromatic nitrogens is 1. The normalized spacial score (nSPS) is 12.1. The van der Waals surface area contributed by atoms with Crippen LogP contribution in [0.5, 0.6) is 5.75 Å². The molecule has 1 aromatic heterocycles. The average molecular weight is 209 g/mol. The summed E-state index contributed by atoms with van der Waals surface area (Å²) in [5, 5.41) is 8.72. The van der Waals surface area contributed by atoms with Crippen molar-refractivity contribution in [2.45, 2.75) is 19.8 Å². The first-order valence-electron chi connectivity index (χ1n) is 4.85. The van der Waals surface area contributed by atoms with Gasteiger partial charge in [0.25, 0.3) is 0 Å². The lowest BCUT2D eigenvalue weighted by Crippen LogP contribution is -2.10. The summed E-state index contributed by atoms with van der Waals surface area (Å²) in [6.07, 6.45) is 2.92. The fraction of sp³-hybridized carbons (Fsp3) is 0.455. The summed E-state index contributed by atoms with van der Waals surface area (Å²) in [6, 6.07) is 3.60. The molecule has 0 aliphatic heterocycles. The van der Waals surface area contributed by atoms with Crippen LogP contribution in [0.1, 0.15) is 19.0 Å². The molecule has 0 amide bonds. The third-order valence-corrected chi connectivity index (χ3v) is 2.28. The first kappa shape index (κ1) is 11.5. The van der Waals surface area contributed by atoms with Crippen LogP contribution in [0.4, 0.5) is 0 Å². The van der Waals surface area contributed by atoms with Crippen LogP contribution in [0.2, 0.25) is 0 Å². The number of aryl methyl sites for hydroxylation is 1. The number of ether oxygens (including phenoxy) is 1. The standard InChI is InChI=1S/C11H15NO3/c1-8(11(13)14)3-4-9-7-10(15-2)5-6-12-9/h5-8H,3-4H2,1-2H3,(H,13,14). The first-order chi connectivity index (χ1) is 7.13. The predicted octanol–water partition coefficient (Wildman–Crippen LogP) is 1.74. The molecular formula is C11H15NO3. The molecule has 1 heterocycles. The van der Waals surface area contributed by atoms with Crippen LogP contribution in [0.15, 0.2) is 18.3 Å². The second kappa shape index (κ2) is 5.34. The third-order valence-electron chi connectivity index (χ3n) is 2.28. The van der Waals surface area contributed by atoms with E-state index >= 15 is 0 Å². The SMILES string of the molecule is COc1ccnc(CCC(C)C(=O)O)c1. The van der Waals surface area contributed by atoms with Crippen LogP contribution >= 0.6 is 0 Å². The number of aliphatic carboxylic acids is 1. The second-order valence-corrected chi connectivity index (χ2v) is 3.46. The maximum atomic E-state index is 10.6. The summed E-state index contributed by atoms with van der Waals surface area (Å²) in [5.41, 5.74) is 0.863. The van der Waals surface area contributed by atoms with Gasteiger partial charge in [-0.3, -0.25) is 9.78 Å². The van der Waals surface area contributed by atoms with E-state index in [0.29, 0.717) is 12.8 Å². The molecule has 82 valence electrons. The highest BCUT2D eigenvalue weighted by Gasteiger charge is 2.10. The molecule has 1 rings (SSSR count). The fourth-order valence-corrected chi connectivity index (χ4v) is 1.21. The molecule has 0 spiro atoms. The number of nitrogens with zero attached hydrogens (tertiary/aromatic N) is 1. The van der Waals surface area contributed by atoms with E-state index in [1.165, 1.54) is 0 Å². The largest absolute Gasteiger partial charge is 0.497 e. The van der Waals surface area contributed by atoms with E-state index < -0.39 is 5.97 Å². The highest BCUT2D eigenvalue weighted by Crippen LogP contribution is 2.13. The molecule has 1 N–H and O–H groups in total. The average Bonchev–Trinajstić information content (AvgIpc) is 2.26. The summed E-state index contributed by atoms with van der Waals surface area (Å²) >= 11 is 0. The van der Waals surface area contributed by atoms with Gasteiger partial charge in [-0.1, -0.05) is 6.92 Å². The topological polar surface area (TPSA) is 59.4 Å². The Labute approximate surface area is 88.9 Å². The van der Waals surface area contributed by atoms with Crippen molar-refractivity contribution < 1.29 is 14.6 Å². The van der Waals surface area contributed by atoms with Crippen LogP contribution in [0.25, 0.3) is 0 Å². The summed E-state index contributed by atoms with van der Waals surface area (Å²) in [6.45, 7) is 1.70. The Morgan fingerprint density at radius 2 is 2.40 bits per heavy atom. The van der Waals surface area contributed by atoms with Gasteiger partial charge in [0.1, 0.15) is 5.75 Å². The van der Waals surface area contributed by atoms with Crippen molar-refractivity contribution in [3.63, 3.8) is 0 Å². The smallest absolute Gasteiger partial charge is 0.306 e. The molecule has 0 aliphatic rings. The van der Waals surface area contributed by atoms with E-state index in [-0.39, 0.29) is 5.92 Å². The molecule has 4 nitrogen and oxygen atoms in total. The highest BCUT2D eigenvalue weighted by molar-refractivity contribution is 5.69. The Bertz CT molecular complexity index is 338. The Morgan fingerprint density at radius 3 is 3.00 bits per heavy atom. The molecule has 1 unspecified atom stereocenters. The Kier molecular flexibility index (Phi) is 4.09. The number of carboxylic acids is 1. The second-order valence-electron chi connectivity index (χ2n) is 3.46. The molecule has 0 saturated heterocycles. The van der Waals surface area contributed by atoms with E-state index in [1.54, 1.807) is 26.3 Å². The molecule has 0 saturated carbocycles. The summed E-state index contributed by atoms with van der Waals surface area (Å²) in [5.74, 6) is -0.348. The van der Waals surface area contributed by atoms with Gasteiger partial charge in [0.05, 0.1) is 13.0 Å². The van der Waals surface area contributed by atoms with E-state index in [0.717, 1.165) is 11.4 Å². The van der Waals surface area contributed by atoms with Gasteiger partial charge in [-0.15, -0.1) is 0 Å². The molecule has 0 bridgehead atoms. The summed E-state index contributed by atoms with van der Waals surface area (Å²) in [7, 11) is 1.60. The Morgan fingerprint density at radius 1 is 1.67 bits per heavy atom. The minimum Gasteiger partial charge on any atom is -0.497 e. The van der Waals surface area contributed by atoms with E-state index in [4.69, 9.17) is 9.84 Å². The summed E-state index contributed by atoms with van der Waals surface area (Å²) < 4.78 is 5.05. The van der Waals surface area contributed by atoms with E-state index in [2.05, 4.69) is 4.98 Å². The molecule has 0 radical (unpaired) electrons. The molecule has 0 aliphatic carbocycles. The van der Waals surface area contributed by atoms with Crippen LogP contribution in [0, 0.1) is 5.92 Å². The molecule has 1 aromatic rings.